The molecule has 0 aliphatic rings. The van der Waals surface area contributed by atoms with Crippen LogP contribution < -0.4 is 5.56 Å². The normalized spacial score (nSPS) is 11.8. The van der Waals surface area contributed by atoms with Crippen LogP contribution in [0.15, 0.2) is 53.3 Å². The molecule has 2 aromatic carbocycles. The zero-order valence-corrected chi connectivity index (χ0v) is 12.4. The second-order valence-electron chi connectivity index (χ2n) is 4.83. The Hall–Kier alpha value is -2.34. The van der Waals surface area contributed by atoms with Gasteiger partial charge in [-0.1, -0.05) is 24.3 Å². The zero-order valence-electron chi connectivity index (χ0n) is 11.6. The van der Waals surface area contributed by atoms with Crippen LogP contribution in [0, 0.1) is 0 Å². The highest BCUT2D eigenvalue weighted by Crippen LogP contribution is 2.33. The van der Waals surface area contributed by atoms with E-state index in [4.69, 9.17) is 11.6 Å². The predicted octanol–water partition coefficient (Wildman–Crippen LogP) is 4.14. The lowest BCUT2D eigenvalue weighted by atomic mass is 10.1. The van der Waals surface area contributed by atoms with Gasteiger partial charge in [-0.3, -0.25) is 9.36 Å². The number of fused-ring (bicyclic) bond motifs is 1. The van der Waals surface area contributed by atoms with Gasteiger partial charge in [0.05, 0.1) is 28.0 Å². The van der Waals surface area contributed by atoms with Crippen molar-refractivity contribution in [2.75, 3.05) is 0 Å². The molecule has 0 radical (unpaired) electrons. The Balaban J connectivity index is 2.42. The highest BCUT2D eigenvalue weighted by atomic mass is 35.5. The maximum atomic E-state index is 13.2. The summed E-state index contributed by atoms with van der Waals surface area (Å²) in [6.07, 6.45) is -4.59. The number of para-hydroxylation sites is 2. The smallest absolute Gasteiger partial charge is 0.268 e. The Kier molecular flexibility index (Phi) is 3.85. The molecule has 0 spiro atoms. The lowest BCUT2D eigenvalue weighted by Crippen LogP contribution is -2.25. The Bertz CT molecular complexity index is 934. The van der Waals surface area contributed by atoms with Gasteiger partial charge in [-0.25, -0.2) is 4.98 Å². The lowest BCUT2D eigenvalue weighted by Gasteiger charge is -2.17. The van der Waals surface area contributed by atoms with Crippen molar-refractivity contribution in [2.45, 2.75) is 12.1 Å². The minimum Gasteiger partial charge on any atom is -0.268 e. The Labute approximate surface area is 134 Å². The summed E-state index contributed by atoms with van der Waals surface area (Å²) in [6.45, 7) is 0. The summed E-state index contributed by atoms with van der Waals surface area (Å²) in [5, 5.41) is 0.235. The average molecular weight is 339 g/mol. The molecule has 0 unspecified atom stereocenters. The van der Waals surface area contributed by atoms with Crippen LogP contribution in [0.25, 0.3) is 16.6 Å². The Morgan fingerprint density at radius 2 is 1.70 bits per heavy atom. The van der Waals surface area contributed by atoms with Crippen LogP contribution >= 0.6 is 11.6 Å². The van der Waals surface area contributed by atoms with Gasteiger partial charge in [-0.15, -0.1) is 11.6 Å². The van der Waals surface area contributed by atoms with Crippen molar-refractivity contribution in [3.05, 3.63) is 70.3 Å². The van der Waals surface area contributed by atoms with Crippen molar-refractivity contribution in [2.24, 2.45) is 0 Å². The van der Waals surface area contributed by atoms with E-state index in [1.165, 1.54) is 24.3 Å². The maximum Gasteiger partial charge on any atom is 0.418 e. The van der Waals surface area contributed by atoms with Gasteiger partial charge in [0.25, 0.3) is 5.56 Å². The van der Waals surface area contributed by atoms with Crippen LogP contribution in [0.5, 0.6) is 0 Å². The molecule has 1 aromatic heterocycles. The second kappa shape index (κ2) is 5.70. The Morgan fingerprint density at radius 1 is 1.04 bits per heavy atom. The second-order valence-corrected chi connectivity index (χ2v) is 5.10. The highest BCUT2D eigenvalue weighted by molar-refractivity contribution is 6.16. The number of alkyl halides is 4. The summed E-state index contributed by atoms with van der Waals surface area (Å²) in [5.41, 5.74) is -1.37. The first-order valence-corrected chi connectivity index (χ1v) is 7.20. The van der Waals surface area contributed by atoms with Gasteiger partial charge in [0.2, 0.25) is 0 Å². The number of nitrogens with zero attached hydrogens (tertiary/aromatic N) is 2. The molecule has 0 bridgehead atoms. The number of aromatic nitrogens is 2. The van der Waals surface area contributed by atoms with Gasteiger partial charge in [-0.2, -0.15) is 13.2 Å². The van der Waals surface area contributed by atoms with Crippen molar-refractivity contribution in [3.8, 4) is 5.69 Å². The molecule has 0 aliphatic heterocycles. The minimum atomic E-state index is -4.59. The fraction of sp³-hybridized carbons (Fsp3) is 0.125. The molecule has 118 valence electrons. The quantitative estimate of drug-likeness (QED) is 0.658. The van der Waals surface area contributed by atoms with Crippen molar-refractivity contribution in [1.82, 2.24) is 9.55 Å². The van der Waals surface area contributed by atoms with E-state index < -0.39 is 17.3 Å². The van der Waals surface area contributed by atoms with Crippen LogP contribution in [0.4, 0.5) is 13.2 Å². The molecule has 0 saturated carbocycles. The van der Waals surface area contributed by atoms with E-state index in [-0.39, 0.29) is 22.8 Å². The van der Waals surface area contributed by atoms with E-state index in [0.29, 0.717) is 5.52 Å². The number of halogens is 4. The van der Waals surface area contributed by atoms with Crippen molar-refractivity contribution < 1.29 is 13.2 Å². The molecule has 0 N–H and O–H groups in total. The first kappa shape index (κ1) is 15.6. The fourth-order valence-corrected chi connectivity index (χ4v) is 2.60. The zero-order chi connectivity index (χ0) is 16.6. The van der Waals surface area contributed by atoms with Gasteiger partial charge in [0.1, 0.15) is 5.82 Å². The first-order valence-electron chi connectivity index (χ1n) is 6.66. The summed E-state index contributed by atoms with van der Waals surface area (Å²) in [7, 11) is 0. The topological polar surface area (TPSA) is 34.9 Å². The molecule has 3 nitrogen and oxygen atoms in total. The van der Waals surface area contributed by atoms with E-state index in [2.05, 4.69) is 4.98 Å². The van der Waals surface area contributed by atoms with Crippen molar-refractivity contribution >= 4 is 22.5 Å². The van der Waals surface area contributed by atoms with Gasteiger partial charge in [-0.05, 0) is 24.3 Å². The summed E-state index contributed by atoms with van der Waals surface area (Å²) in [4.78, 5) is 16.9. The number of hydrogen-bond acceptors (Lipinski definition) is 2. The van der Waals surface area contributed by atoms with Crippen LogP contribution in [0.2, 0.25) is 0 Å². The summed E-state index contributed by atoms with van der Waals surface area (Å²) in [6, 6.07) is 11.3. The third-order valence-corrected chi connectivity index (χ3v) is 3.65. The average Bonchev–Trinajstić information content (AvgIpc) is 2.54. The van der Waals surface area contributed by atoms with Crippen molar-refractivity contribution in [3.63, 3.8) is 0 Å². The minimum absolute atomic E-state index is 0.0621. The van der Waals surface area contributed by atoms with E-state index >= 15 is 0 Å². The van der Waals surface area contributed by atoms with Crippen LogP contribution in [-0.4, -0.2) is 9.55 Å². The highest BCUT2D eigenvalue weighted by Gasteiger charge is 2.34. The fourth-order valence-electron chi connectivity index (χ4n) is 2.43. The summed E-state index contributed by atoms with van der Waals surface area (Å²) >= 11 is 5.82. The first-order chi connectivity index (χ1) is 10.9. The third kappa shape index (κ3) is 2.70. The van der Waals surface area contributed by atoms with Gasteiger partial charge in [0, 0.05) is 0 Å². The molecule has 0 aliphatic carbocycles. The maximum absolute atomic E-state index is 13.2. The molecule has 7 heteroatoms. The molecule has 3 aromatic rings. The van der Waals surface area contributed by atoms with Gasteiger partial charge < -0.3 is 0 Å². The van der Waals surface area contributed by atoms with E-state index in [1.54, 1.807) is 18.2 Å². The third-order valence-electron chi connectivity index (χ3n) is 3.42. The predicted molar refractivity (Wildman–Crippen MR) is 81.9 cm³/mol. The van der Waals surface area contributed by atoms with E-state index in [1.807, 2.05) is 0 Å². The standard InChI is InChI=1S/C16H10ClF3N2O/c17-9-14-21-12-7-3-1-5-10(12)15(23)22(14)13-8-4-2-6-11(13)16(18,19)20/h1-8H,9H2. The molecular formula is C16H10ClF3N2O. The molecular weight excluding hydrogens is 329 g/mol. The lowest BCUT2D eigenvalue weighted by molar-refractivity contribution is -0.137. The SMILES string of the molecule is O=c1c2ccccc2nc(CCl)n1-c1ccccc1C(F)(F)F. The molecule has 0 fully saturated rings. The summed E-state index contributed by atoms with van der Waals surface area (Å²) in [5.74, 6) is -0.126. The number of rotatable bonds is 2. The number of benzene rings is 2. The molecule has 0 amide bonds. The van der Waals surface area contributed by atoms with Gasteiger partial charge in [0.15, 0.2) is 0 Å². The largest absolute Gasteiger partial charge is 0.418 e. The Morgan fingerprint density at radius 3 is 2.39 bits per heavy atom. The van der Waals surface area contributed by atoms with Gasteiger partial charge >= 0.3 is 6.18 Å². The monoisotopic (exact) mass is 338 g/mol. The number of hydrogen-bond donors (Lipinski definition) is 0. The van der Waals surface area contributed by atoms with E-state index in [0.717, 1.165) is 10.6 Å². The van der Waals surface area contributed by atoms with Crippen LogP contribution in [0.3, 0.4) is 0 Å². The molecule has 0 atom stereocenters. The van der Waals surface area contributed by atoms with Crippen LogP contribution in [-0.2, 0) is 12.1 Å². The molecule has 3 rings (SSSR count). The molecule has 23 heavy (non-hydrogen) atoms. The van der Waals surface area contributed by atoms with E-state index in [9.17, 15) is 18.0 Å². The summed E-state index contributed by atoms with van der Waals surface area (Å²) < 4.78 is 40.7. The molecule has 1 heterocycles. The van der Waals surface area contributed by atoms with Crippen molar-refractivity contribution in [1.29, 1.82) is 0 Å². The van der Waals surface area contributed by atoms with Crippen LogP contribution in [0.1, 0.15) is 11.4 Å². The molecule has 0 saturated heterocycles.